The van der Waals surface area contributed by atoms with E-state index in [-0.39, 0.29) is 11.0 Å². The van der Waals surface area contributed by atoms with Crippen LogP contribution < -0.4 is 0 Å². The largest absolute Gasteiger partial charge is 0.378 e. The lowest BCUT2D eigenvalue weighted by atomic mass is 9.71. The highest BCUT2D eigenvalue weighted by molar-refractivity contribution is 5.40. The van der Waals surface area contributed by atoms with E-state index >= 15 is 0 Å². The Morgan fingerprint density at radius 2 is 1.83 bits per heavy atom. The lowest BCUT2D eigenvalue weighted by Gasteiger charge is -2.35. The standard InChI is InChI=1S/C21H37NO2/c1-19(2,3)16-20(4,5)17-8-9-21(15-18(21)14-17)24-13-12-23-11-10-22(6)7/h8-9,14,18H,10-13,15-16H2,1-7H3. The molecule has 0 bridgehead atoms. The first-order valence-electron chi connectivity index (χ1n) is 9.32. The molecule has 1 fully saturated rings. The topological polar surface area (TPSA) is 21.7 Å². The molecule has 2 aliphatic carbocycles. The third kappa shape index (κ3) is 5.44. The maximum atomic E-state index is 6.14. The maximum Gasteiger partial charge on any atom is 0.0937 e. The Bertz CT molecular complexity index is 485. The number of hydrogen-bond acceptors (Lipinski definition) is 3. The number of likely N-dealkylation sites (N-methyl/N-ethyl adjacent to an activating group) is 1. The van der Waals surface area contributed by atoms with E-state index in [4.69, 9.17) is 9.47 Å². The van der Waals surface area contributed by atoms with E-state index in [2.05, 4.69) is 71.8 Å². The molecule has 0 heterocycles. The SMILES string of the molecule is CN(C)CCOCCOC12C=CC(C(C)(C)CC(C)(C)C)=CC1C2. The van der Waals surface area contributed by atoms with Crippen LogP contribution in [-0.4, -0.2) is 51.0 Å². The minimum atomic E-state index is -0.0355. The first kappa shape index (κ1) is 19.7. The van der Waals surface area contributed by atoms with Crippen LogP contribution in [0.3, 0.4) is 0 Å². The quantitative estimate of drug-likeness (QED) is 0.586. The van der Waals surface area contributed by atoms with Gasteiger partial charge in [0.2, 0.25) is 0 Å². The summed E-state index contributed by atoms with van der Waals surface area (Å²) in [6.07, 6.45) is 9.38. The number of allylic oxidation sites excluding steroid dienone is 2. The number of fused-ring (bicyclic) bond motifs is 1. The average Bonchev–Trinajstić information content (AvgIpc) is 3.13. The Labute approximate surface area is 149 Å². The molecule has 3 nitrogen and oxygen atoms in total. The molecule has 138 valence electrons. The van der Waals surface area contributed by atoms with Crippen LogP contribution in [0.15, 0.2) is 23.8 Å². The van der Waals surface area contributed by atoms with Gasteiger partial charge in [0.05, 0.1) is 25.4 Å². The molecular weight excluding hydrogens is 298 g/mol. The number of hydrogen-bond donors (Lipinski definition) is 0. The van der Waals surface area contributed by atoms with Crippen molar-refractivity contribution in [3.63, 3.8) is 0 Å². The molecule has 3 heteroatoms. The van der Waals surface area contributed by atoms with Crippen LogP contribution in [0, 0.1) is 16.7 Å². The summed E-state index contributed by atoms with van der Waals surface area (Å²) in [5.41, 5.74) is 2.00. The molecule has 2 atom stereocenters. The number of ether oxygens (including phenoxy) is 2. The second-order valence-corrected chi connectivity index (χ2v) is 9.61. The third-order valence-electron chi connectivity index (χ3n) is 4.97. The summed E-state index contributed by atoms with van der Waals surface area (Å²) in [6.45, 7) is 14.8. The lowest BCUT2D eigenvalue weighted by molar-refractivity contribution is 0.00459. The summed E-state index contributed by atoms with van der Waals surface area (Å²) >= 11 is 0. The summed E-state index contributed by atoms with van der Waals surface area (Å²) in [7, 11) is 4.12. The van der Waals surface area contributed by atoms with Gasteiger partial charge < -0.3 is 14.4 Å². The molecule has 0 radical (unpaired) electrons. The molecule has 0 aromatic heterocycles. The predicted octanol–water partition coefficient (Wildman–Crippen LogP) is 4.30. The van der Waals surface area contributed by atoms with Crippen molar-refractivity contribution in [1.29, 1.82) is 0 Å². The zero-order valence-electron chi connectivity index (χ0n) is 16.8. The van der Waals surface area contributed by atoms with Gasteiger partial charge in [-0.05, 0) is 43.3 Å². The summed E-state index contributed by atoms with van der Waals surface area (Å²) in [6, 6.07) is 0. The summed E-state index contributed by atoms with van der Waals surface area (Å²) in [5, 5.41) is 0. The van der Waals surface area contributed by atoms with Crippen molar-refractivity contribution in [1.82, 2.24) is 4.90 Å². The summed E-state index contributed by atoms with van der Waals surface area (Å²) in [5.74, 6) is 0.554. The van der Waals surface area contributed by atoms with Crippen LogP contribution in [0.2, 0.25) is 0 Å². The molecule has 2 unspecified atom stereocenters. The highest BCUT2D eigenvalue weighted by atomic mass is 16.5. The molecule has 0 saturated heterocycles. The van der Waals surface area contributed by atoms with E-state index in [1.54, 1.807) is 0 Å². The normalized spacial score (nSPS) is 26.5. The fourth-order valence-electron chi connectivity index (χ4n) is 3.91. The number of nitrogens with zero attached hydrogens (tertiary/aromatic N) is 1. The van der Waals surface area contributed by atoms with Gasteiger partial charge in [-0.2, -0.15) is 0 Å². The van der Waals surface area contributed by atoms with E-state index in [1.165, 1.54) is 12.0 Å². The van der Waals surface area contributed by atoms with Gasteiger partial charge in [0.1, 0.15) is 0 Å². The van der Waals surface area contributed by atoms with Crippen LogP contribution in [0.25, 0.3) is 0 Å². The molecule has 1 saturated carbocycles. The highest BCUT2D eigenvalue weighted by Crippen LogP contribution is 2.54. The zero-order valence-corrected chi connectivity index (χ0v) is 16.8. The van der Waals surface area contributed by atoms with Gasteiger partial charge in [-0.1, -0.05) is 52.8 Å². The van der Waals surface area contributed by atoms with Gasteiger partial charge in [-0.25, -0.2) is 0 Å². The molecule has 0 spiro atoms. The van der Waals surface area contributed by atoms with Crippen LogP contribution in [-0.2, 0) is 9.47 Å². The van der Waals surface area contributed by atoms with E-state index in [0.717, 1.165) is 19.6 Å². The Balaban J connectivity index is 1.77. The van der Waals surface area contributed by atoms with Crippen LogP contribution in [0.4, 0.5) is 0 Å². The maximum absolute atomic E-state index is 6.14. The van der Waals surface area contributed by atoms with Crippen molar-refractivity contribution in [2.45, 2.75) is 53.1 Å². The Kier molecular flexibility index (Phi) is 5.99. The molecule has 24 heavy (non-hydrogen) atoms. The van der Waals surface area contributed by atoms with Crippen LogP contribution in [0.5, 0.6) is 0 Å². The smallest absolute Gasteiger partial charge is 0.0937 e. The minimum Gasteiger partial charge on any atom is -0.378 e. The summed E-state index contributed by atoms with van der Waals surface area (Å²) < 4.78 is 11.8. The molecular formula is C21H37NO2. The predicted molar refractivity (Wildman–Crippen MR) is 101 cm³/mol. The van der Waals surface area contributed by atoms with Crippen molar-refractivity contribution >= 4 is 0 Å². The van der Waals surface area contributed by atoms with Crippen LogP contribution in [0.1, 0.15) is 47.5 Å². The monoisotopic (exact) mass is 335 g/mol. The zero-order chi connectivity index (χ0) is 18.0. The minimum absolute atomic E-state index is 0.0355. The molecule has 0 aromatic carbocycles. The van der Waals surface area contributed by atoms with E-state index < -0.39 is 0 Å². The van der Waals surface area contributed by atoms with Gasteiger partial charge in [0.25, 0.3) is 0 Å². The molecule has 0 N–H and O–H groups in total. The fraction of sp³-hybridized carbons (Fsp3) is 0.810. The summed E-state index contributed by atoms with van der Waals surface area (Å²) in [4.78, 5) is 2.13. The highest BCUT2D eigenvalue weighted by Gasteiger charge is 2.54. The second-order valence-electron chi connectivity index (χ2n) is 9.61. The first-order chi connectivity index (χ1) is 11.0. The van der Waals surface area contributed by atoms with E-state index in [9.17, 15) is 0 Å². The van der Waals surface area contributed by atoms with Crippen molar-refractivity contribution in [3.8, 4) is 0 Å². The van der Waals surface area contributed by atoms with Crippen molar-refractivity contribution in [2.24, 2.45) is 16.7 Å². The fourth-order valence-corrected chi connectivity index (χ4v) is 3.91. The van der Waals surface area contributed by atoms with Crippen LogP contribution >= 0.6 is 0 Å². The number of rotatable bonds is 9. The lowest BCUT2D eigenvalue weighted by Crippen LogP contribution is -2.25. The molecule has 0 amide bonds. The Morgan fingerprint density at radius 1 is 1.12 bits per heavy atom. The Morgan fingerprint density at radius 3 is 2.42 bits per heavy atom. The van der Waals surface area contributed by atoms with Crippen molar-refractivity contribution < 1.29 is 9.47 Å². The molecule has 2 rings (SSSR count). The molecule has 2 aliphatic rings. The van der Waals surface area contributed by atoms with Gasteiger partial charge in [-0.3, -0.25) is 0 Å². The third-order valence-corrected chi connectivity index (χ3v) is 4.97. The van der Waals surface area contributed by atoms with Gasteiger partial charge in [-0.15, -0.1) is 0 Å². The second kappa shape index (κ2) is 7.31. The van der Waals surface area contributed by atoms with Gasteiger partial charge in [0, 0.05) is 12.5 Å². The Hall–Kier alpha value is -0.640. The van der Waals surface area contributed by atoms with E-state index in [1.807, 2.05) is 0 Å². The van der Waals surface area contributed by atoms with Gasteiger partial charge >= 0.3 is 0 Å². The van der Waals surface area contributed by atoms with E-state index in [0.29, 0.717) is 24.5 Å². The van der Waals surface area contributed by atoms with Crippen molar-refractivity contribution in [2.75, 3.05) is 40.5 Å². The average molecular weight is 336 g/mol. The molecule has 0 aliphatic heterocycles. The molecule has 0 aromatic rings. The van der Waals surface area contributed by atoms with Gasteiger partial charge in [0.15, 0.2) is 0 Å². The first-order valence-corrected chi connectivity index (χ1v) is 9.32. The van der Waals surface area contributed by atoms with Crippen molar-refractivity contribution in [3.05, 3.63) is 23.8 Å².